The number of cyclic esters (lactones) is 2. The summed E-state index contributed by atoms with van der Waals surface area (Å²) in [5.74, 6) is -1.87. The van der Waals surface area contributed by atoms with Gasteiger partial charge in [0.05, 0.1) is 6.61 Å². The molecule has 0 amide bonds. The molecule has 146 valence electrons. The van der Waals surface area contributed by atoms with Crippen LogP contribution in [-0.2, 0) is 19.1 Å². The van der Waals surface area contributed by atoms with Gasteiger partial charge in [-0.05, 0) is 56.6 Å². The number of anilines is 1. The van der Waals surface area contributed by atoms with Crippen LogP contribution in [0, 0.1) is 0 Å². The summed E-state index contributed by atoms with van der Waals surface area (Å²) in [5.41, 5.74) is 0.550. The molecule has 2 fully saturated rings. The van der Waals surface area contributed by atoms with Crippen LogP contribution in [0.2, 0.25) is 0 Å². The Morgan fingerprint density at radius 3 is 2.37 bits per heavy atom. The highest BCUT2D eigenvalue weighted by Crippen LogP contribution is 2.23. The van der Waals surface area contributed by atoms with Gasteiger partial charge in [0, 0.05) is 32.3 Å². The van der Waals surface area contributed by atoms with Gasteiger partial charge in [0.25, 0.3) is 5.79 Å². The molecular formula is C20H26N2O5. The molecule has 27 heavy (non-hydrogen) atoms. The first-order chi connectivity index (χ1) is 12.9. The Balaban J connectivity index is 1.46. The number of carbonyl (C=O) groups excluding carboxylic acids is 2. The quantitative estimate of drug-likeness (QED) is 0.340. The Labute approximate surface area is 159 Å². The van der Waals surface area contributed by atoms with Gasteiger partial charge in [-0.3, -0.25) is 0 Å². The molecule has 1 aromatic carbocycles. The maximum absolute atomic E-state index is 11.9. The van der Waals surface area contributed by atoms with Crippen LogP contribution >= 0.6 is 0 Å². The summed E-state index contributed by atoms with van der Waals surface area (Å²) in [6.07, 6.45) is 4.91. The molecule has 2 heterocycles. The van der Waals surface area contributed by atoms with Crippen molar-refractivity contribution in [3.05, 3.63) is 36.0 Å². The van der Waals surface area contributed by atoms with Crippen molar-refractivity contribution in [1.29, 1.82) is 0 Å². The molecule has 0 radical (unpaired) electrons. The monoisotopic (exact) mass is 374 g/mol. The number of benzene rings is 1. The Kier molecular flexibility index (Phi) is 6.01. The van der Waals surface area contributed by atoms with Crippen molar-refractivity contribution in [2.45, 2.75) is 38.9 Å². The largest absolute Gasteiger partial charge is 0.494 e. The second kappa shape index (κ2) is 8.43. The van der Waals surface area contributed by atoms with Gasteiger partial charge in [0.1, 0.15) is 5.75 Å². The van der Waals surface area contributed by atoms with Crippen molar-refractivity contribution in [2.75, 3.05) is 31.6 Å². The van der Waals surface area contributed by atoms with E-state index in [0.717, 1.165) is 24.4 Å². The minimum Gasteiger partial charge on any atom is -0.494 e. The smallest absolute Gasteiger partial charge is 0.350 e. The van der Waals surface area contributed by atoms with E-state index in [1.165, 1.54) is 46.0 Å². The van der Waals surface area contributed by atoms with Crippen molar-refractivity contribution in [1.82, 2.24) is 4.90 Å². The van der Waals surface area contributed by atoms with Crippen LogP contribution in [0.5, 0.6) is 5.75 Å². The first-order valence-corrected chi connectivity index (χ1v) is 9.31. The van der Waals surface area contributed by atoms with Gasteiger partial charge in [-0.25, -0.2) is 9.59 Å². The zero-order valence-electron chi connectivity index (χ0n) is 15.8. The summed E-state index contributed by atoms with van der Waals surface area (Å²) >= 11 is 0. The zero-order valence-corrected chi connectivity index (χ0v) is 15.8. The van der Waals surface area contributed by atoms with Crippen LogP contribution in [0.4, 0.5) is 5.69 Å². The third-order valence-electron chi connectivity index (χ3n) is 4.44. The molecule has 0 atom stereocenters. The van der Waals surface area contributed by atoms with Crippen LogP contribution in [0.15, 0.2) is 36.0 Å². The molecule has 0 spiro atoms. The summed E-state index contributed by atoms with van der Waals surface area (Å²) in [5, 5.41) is 2.91. The Morgan fingerprint density at radius 1 is 1.11 bits per heavy atom. The Bertz CT molecular complexity index is 684. The fourth-order valence-corrected chi connectivity index (χ4v) is 3.07. The lowest BCUT2D eigenvalue weighted by molar-refractivity contribution is -0.222. The van der Waals surface area contributed by atoms with E-state index in [4.69, 9.17) is 14.2 Å². The van der Waals surface area contributed by atoms with Crippen LogP contribution in [0.25, 0.3) is 0 Å². The number of nitrogens with one attached hydrogen (secondary N) is 1. The highest BCUT2D eigenvalue weighted by molar-refractivity contribution is 6.15. The second-order valence-electron chi connectivity index (χ2n) is 7.16. The van der Waals surface area contributed by atoms with Crippen molar-refractivity contribution in [2.24, 2.45) is 0 Å². The van der Waals surface area contributed by atoms with E-state index in [1.807, 2.05) is 24.3 Å². The molecule has 7 nitrogen and oxygen atoms in total. The lowest BCUT2D eigenvalue weighted by Crippen LogP contribution is -2.42. The molecule has 7 heteroatoms. The Morgan fingerprint density at radius 2 is 1.74 bits per heavy atom. The minimum absolute atomic E-state index is 0.170. The molecule has 0 aliphatic carbocycles. The number of nitrogens with zero attached hydrogens (tertiary/aromatic N) is 1. The predicted octanol–water partition coefficient (Wildman–Crippen LogP) is 2.68. The van der Waals surface area contributed by atoms with E-state index in [0.29, 0.717) is 6.61 Å². The van der Waals surface area contributed by atoms with Crippen molar-refractivity contribution < 1.29 is 23.8 Å². The zero-order chi connectivity index (χ0) is 19.3. The summed E-state index contributed by atoms with van der Waals surface area (Å²) < 4.78 is 15.8. The molecular weight excluding hydrogens is 348 g/mol. The summed E-state index contributed by atoms with van der Waals surface area (Å²) in [7, 11) is 0. The normalized spacial score (nSPS) is 19.4. The van der Waals surface area contributed by atoms with Crippen molar-refractivity contribution in [3.8, 4) is 5.75 Å². The van der Waals surface area contributed by atoms with E-state index in [-0.39, 0.29) is 5.57 Å². The molecule has 1 aromatic rings. The summed E-state index contributed by atoms with van der Waals surface area (Å²) in [6.45, 7) is 7.19. The lowest BCUT2D eigenvalue weighted by atomic mass is 10.2. The van der Waals surface area contributed by atoms with Gasteiger partial charge >= 0.3 is 11.9 Å². The highest BCUT2D eigenvalue weighted by atomic mass is 16.7. The first-order valence-electron chi connectivity index (χ1n) is 9.31. The molecule has 2 aliphatic heterocycles. The maximum atomic E-state index is 11.9. The predicted molar refractivity (Wildman–Crippen MR) is 100 cm³/mol. The maximum Gasteiger partial charge on any atom is 0.350 e. The van der Waals surface area contributed by atoms with E-state index < -0.39 is 17.7 Å². The highest BCUT2D eigenvalue weighted by Gasteiger charge is 2.38. The van der Waals surface area contributed by atoms with E-state index in [1.54, 1.807) is 0 Å². The molecule has 2 aliphatic rings. The van der Waals surface area contributed by atoms with E-state index >= 15 is 0 Å². The molecule has 0 bridgehead atoms. The third-order valence-corrected chi connectivity index (χ3v) is 4.44. The standard InChI is InChI=1S/C20H26N2O5/c1-20(2)26-18(23)17(19(24)27-20)14-21-15-6-8-16(9-7-15)25-13-5-12-22-10-3-4-11-22/h6-9,14,21H,3-5,10-13H2,1-2H3. The van der Waals surface area contributed by atoms with Crippen LogP contribution < -0.4 is 10.1 Å². The molecule has 0 aromatic heterocycles. The SMILES string of the molecule is CC1(C)OC(=O)C(=CNc2ccc(OCCCN3CCCC3)cc2)C(=O)O1. The minimum atomic E-state index is -1.24. The topological polar surface area (TPSA) is 77.1 Å². The van der Waals surface area contributed by atoms with E-state index in [2.05, 4.69) is 10.2 Å². The Hall–Kier alpha value is -2.54. The second-order valence-corrected chi connectivity index (χ2v) is 7.16. The molecule has 1 N–H and O–H groups in total. The van der Waals surface area contributed by atoms with Gasteiger partial charge in [-0.15, -0.1) is 0 Å². The van der Waals surface area contributed by atoms with Crippen LogP contribution in [-0.4, -0.2) is 48.9 Å². The fraction of sp³-hybridized carbons (Fsp3) is 0.500. The number of likely N-dealkylation sites (tertiary alicyclic amines) is 1. The number of rotatable bonds is 7. The molecule has 0 unspecified atom stereocenters. The average Bonchev–Trinajstić information content (AvgIpc) is 3.11. The summed E-state index contributed by atoms with van der Waals surface area (Å²) in [6, 6.07) is 7.32. The number of hydrogen-bond donors (Lipinski definition) is 1. The van der Waals surface area contributed by atoms with Crippen molar-refractivity contribution in [3.63, 3.8) is 0 Å². The number of esters is 2. The van der Waals surface area contributed by atoms with Crippen LogP contribution in [0.1, 0.15) is 33.1 Å². The van der Waals surface area contributed by atoms with E-state index in [9.17, 15) is 9.59 Å². The number of ether oxygens (including phenoxy) is 3. The number of hydrogen-bond acceptors (Lipinski definition) is 7. The number of carbonyl (C=O) groups is 2. The molecule has 2 saturated heterocycles. The molecule has 3 rings (SSSR count). The first kappa shape index (κ1) is 19.2. The van der Waals surface area contributed by atoms with Gasteiger partial charge in [0.2, 0.25) is 0 Å². The van der Waals surface area contributed by atoms with Crippen molar-refractivity contribution >= 4 is 17.6 Å². The summed E-state index contributed by atoms with van der Waals surface area (Å²) in [4.78, 5) is 26.2. The lowest BCUT2D eigenvalue weighted by Gasteiger charge is -2.29. The molecule has 0 saturated carbocycles. The average molecular weight is 374 g/mol. The van der Waals surface area contributed by atoms with Crippen LogP contribution in [0.3, 0.4) is 0 Å². The van der Waals surface area contributed by atoms with Gasteiger partial charge in [-0.2, -0.15) is 0 Å². The van der Waals surface area contributed by atoms with Gasteiger partial charge in [0.15, 0.2) is 5.57 Å². The van der Waals surface area contributed by atoms with Gasteiger partial charge in [-0.1, -0.05) is 0 Å². The van der Waals surface area contributed by atoms with Gasteiger partial charge < -0.3 is 24.4 Å². The fourth-order valence-electron chi connectivity index (χ4n) is 3.07. The third kappa shape index (κ3) is 5.47.